The van der Waals surface area contributed by atoms with Crippen molar-refractivity contribution in [2.45, 2.75) is 31.4 Å². The molecule has 1 aromatic carbocycles. The van der Waals surface area contributed by atoms with E-state index in [1.54, 1.807) is 0 Å². The number of para-hydroxylation sites is 1. The van der Waals surface area contributed by atoms with Crippen LogP contribution in [0, 0.1) is 0 Å². The van der Waals surface area contributed by atoms with Crippen LogP contribution < -0.4 is 5.32 Å². The third-order valence-corrected chi connectivity index (χ3v) is 4.35. The zero-order valence-electron chi connectivity index (χ0n) is 9.33. The van der Waals surface area contributed by atoms with Crippen LogP contribution in [-0.4, -0.2) is 17.5 Å². The fourth-order valence-electron chi connectivity index (χ4n) is 1.98. The number of rotatable bonds is 3. The predicted octanol–water partition coefficient (Wildman–Crippen LogP) is 3.56. The summed E-state index contributed by atoms with van der Waals surface area (Å²) in [6.07, 6.45) is 3.83. The van der Waals surface area contributed by atoms with Crippen LogP contribution in [0.25, 0.3) is 0 Å². The van der Waals surface area contributed by atoms with Crippen molar-refractivity contribution in [2.75, 3.05) is 17.6 Å². The molecule has 0 aromatic heterocycles. The number of hydrogen-bond donors (Lipinski definition) is 1. The molecule has 0 saturated heterocycles. The maximum atomic E-state index is 3.56. The van der Waals surface area contributed by atoms with Gasteiger partial charge in [0, 0.05) is 17.5 Å². The minimum Gasteiger partial charge on any atom is -0.384 e. The van der Waals surface area contributed by atoms with Crippen molar-refractivity contribution < 1.29 is 0 Å². The Kier molecular flexibility index (Phi) is 3.95. The molecule has 1 heterocycles. The molecule has 2 heteroatoms. The van der Waals surface area contributed by atoms with E-state index in [0.717, 1.165) is 11.8 Å². The summed E-state index contributed by atoms with van der Waals surface area (Å²) in [5.74, 6) is 1.29. The van der Waals surface area contributed by atoms with E-state index in [0.29, 0.717) is 0 Å². The Hall–Kier alpha value is -0.630. The Morgan fingerprint density at radius 1 is 1.40 bits per heavy atom. The van der Waals surface area contributed by atoms with Gasteiger partial charge in [-0.1, -0.05) is 25.1 Å². The molecule has 0 saturated carbocycles. The first-order chi connectivity index (χ1) is 7.40. The molecule has 1 aromatic rings. The van der Waals surface area contributed by atoms with Gasteiger partial charge in [-0.15, -0.1) is 0 Å². The molecule has 0 fully saturated rings. The number of hydrogen-bond acceptors (Lipinski definition) is 2. The average molecular weight is 221 g/mol. The molecule has 1 nitrogen and oxygen atoms in total. The number of aryl methyl sites for hydroxylation is 1. The second-order valence-corrected chi connectivity index (χ2v) is 5.48. The number of thioether (sulfide) groups is 1. The van der Waals surface area contributed by atoms with E-state index in [-0.39, 0.29) is 0 Å². The number of benzene rings is 1. The Labute approximate surface area is 96.7 Å². The lowest BCUT2D eigenvalue weighted by atomic mass is 10.1. The topological polar surface area (TPSA) is 12.0 Å². The highest BCUT2D eigenvalue weighted by molar-refractivity contribution is 7.99. The summed E-state index contributed by atoms with van der Waals surface area (Å²) in [6, 6.07) is 8.70. The summed E-state index contributed by atoms with van der Waals surface area (Å²) in [4.78, 5) is 0. The second-order valence-electron chi connectivity index (χ2n) is 4.07. The van der Waals surface area contributed by atoms with Gasteiger partial charge in [-0.25, -0.2) is 0 Å². The summed E-state index contributed by atoms with van der Waals surface area (Å²) in [7, 11) is 0. The summed E-state index contributed by atoms with van der Waals surface area (Å²) in [6.45, 7) is 3.38. The molecule has 1 atom stereocenters. The zero-order valence-corrected chi connectivity index (χ0v) is 10.1. The monoisotopic (exact) mass is 221 g/mol. The van der Waals surface area contributed by atoms with Crippen molar-refractivity contribution in [1.82, 2.24) is 0 Å². The van der Waals surface area contributed by atoms with Crippen LogP contribution in [0.15, 0.2) is 24.3 Å². The van der Waals surface area contributed by atoms with Crippen molar-refractivity contribution in [3.63, 3.8) is 0 Å². The van der Waals surface area contributed by atoms with E-state index in [9.17, 15) is 0 Å². The smallest absolute Gasteiger partial charge is 0.0373 e. The van der Waals surface area contributed by atoms with E-state index < -0.39 is 0 Å². The first-order valence-electron chi connectivity index (χ1n) is 5.83. The first kappa shape index (κ1) is 10.9. The minimum atomic E-state index is 0.789. The Morgan fingerprint density at radius 3 is 3.13 bits per heavy atom. The summed E-state index contributed by atoms with van der Waals surface area (Å²) in [5.41, 5.74) is 2.83. The van der Waals surface area contributed by atoms with Gasteiger partial charge < -0.3 is 5.32 Å². The molecule has 1 N–H and O–H groups in total. The van der Waals surface area contributed by atoms with Crippen LogP contribution in [0.5, 0.6) is 0 Å². The highest BCUT2D eigenvalue weighted by Gasteiger charge is 2.14. The quantitative estimate of drug-likeness (QED) is 0.837. The second kappa shape index (κ2) is 5.45. The summed E-state index contributed by atoms with van der Waals surface area (Å²) in [5, 5.41) is 4.35. The van der Waals surface area contributed by atoms with Crippen molar-refractivity contribution >= 4 is 17.4 Å². The maximum absolute atomic E-state index is 3.56. The first-order valence-corrected chi connectivity index (χ1v) is 6.88. The van der Waals surface area contributed by atoms with Gasteiger partial charge in [0.15, 0.2) is 0 Å². The van der Waals surface area contributed by atoms with E-state index in [2.05, 4.69) is 48.3 Å². The Balaban J connectivity index is 1.96. The van der Waals surface area contributed by atoms with Crippen molar-refractivity contribution in [3.8, 4) is 0 Å². The van der Waals surface area contributed by atoms with Crippen molar-refractivity contribution in [3.05, 3.63) is 29.8 Å². The molecule has 1 aliphatic heterocycles. The fourth-order valence-corrected chi connectivity index (χ4v) is 3.03. The SMILES string of the molecule is CCCSC1CCc2ccccc2NC1. The zero-order chi connectivity index (χ0) is 10.5. The van der Waals surface area contributed by atoms with Crippen LogP contribution in [0.2, 0.25) is 0 Å². The molecular weight excluding hydrogens is 202 g/mol. The molecule has 0 spiro atoms. The summed E-state index contributed by atoms with van der Waals surface area (Å²) < 4.78 is 0. The molecule has 15 heavy (non-hydrogen) atoms. The lowest BCUT2D eigenvalue weighted by molar-refractivity contribution is 0.802. The normalized spacial score (nSPS) is 20.2. The molecule has 2 rings (SSSR count). The predicted molar refractivity (Wildman–Crippen MR) is 69.8 cm³/mol. The lowest BCUT2D eigenvalue weighted by Crippen LogP contribution is -2.15. The third kappa shape index (κ3) is 2.91. The van der Waals surface area contributed by atoms with E-state index in [4.69, 9.17) is 0 Å². The van der Waals surface area contributed by atoms with Gasteiger partial charge in [0.05, 0.1) is 0 Å². The third-order valence-electron chi connectivity index (χ3n) is 2.83. The van der Waals surface area contributed by atoms with E-state index >= 15 is 0 Å². The van der Waals surface area contributed by atoms with Crippen LogP contribution in [0.4, 0.5) is 5.69 Å². The highest BCUT2D eigenvalue weighted by atomic mass is 32.2. The van der Waals surface area contributed by atoms with Gasteiger partial charge in [0.25, 0.3) is 0 Å². The van der Waals surface area contributed by atoms with Crippen LogP contribution in [-0.2, 0) is 6.42 Å². The Bertz CT molecular complexity index is 284. The fraction of sp³-hybridized carbons (Fsp3) is 0.538. The number of fused-ring (bicyclic) bond motifs is 1. The van der Waals surface area contributed by atoms with Crippen LogP contribution in [0.1, 0.15) is 25.3 Å². The highest BCUT2D eigenvalue weighted by Crippen LogP contribution is 2.26. The van der Waals surface area contributed by atoms with Gasteiger partial charge in [0.2, 0.25) is 0 Å². The molecule has 1 aliphatic rings. The molecule has 0 aliphatic carbocycles. The van der Waals surface area contributed by atoms with Crippen molar-refractivity contribution in [2.24, 2.45) is 0 Å². The number of anilines is 1. The minimum absolute atomic E-state index is 0.789. The largest absolute Gasteiger partial charge is 0.384 e. The van der Waals surface area contributed by atoms with Gasteiger partial charge in [-0.05, 0) is 36.6 Å². The van der Waals surface area contributed by atoms with Gasteiger partial charge in [0.1, 0.15) is 0 Å². The molecular formula is C13H19NS. The molecule has 1 unspecified atom stereocenters. The molecule has 0 amide bonds. The van der Waals surface area contributed by atoms with Crippen LogP contribution in [0.3, 0.4) is 0 Å². The molecule has 0 bridgehead atoms. The van der Waals surface area contributed by atoms with Gasteiger partial charge in [-0.2, -0.15) is 11.8 Å². The number of nitrogens with one attached hydrogen (secondary N) is 1. The van der Waals surface area contributed by atoms with Gasteiger partial charge >= 0.3 is 0 Å². The molecule has 82 valence electrons. The van der Waals surface area contributed by atoms with E-state index in [1.165, 1.54) is 36.3 Å². The summed E-state index contributed by atoms with van der Waals surface area (Å²) >= 11 is 2.12. The standard InChI is InChI=1S/C13H19NS/c1-2-9-15-12-8-7-11-5-3-4-6-13(11)14-10-12/h3-6,12,14H,2,7-10H2,1H3. The van der Waals surface area contributed by atoms with E-state index in [1.807, 2.05) is 0 Å². The maximum Gasteiger partial charge on any atom is 0.0373 e. The van der Waals surface area contributed by atoms with Crippen molar-refractivity contribution in [1.29, 1.82) is 0 Å². The molecule has 0 radical (unpaired) electrons. The van der Waals surface area contributed by atoms with Crippen LogP contribution >= 0.6 is 11.8 Å². The average Bonchev–Trinajstić information content (AvgIpc) is 2.49. The Morgan fingerprint density at radius 2 is 2.27 bits per heavy atom. The lowest BCUT2D eigenvalue weighted by Gasteiger charge is -2.13. The van der Waals surface area contributed by atoms with Gasteiger partial charge in [-0.3, -0.25) is 0 Å².